The second-order valence-corrected chi connectivity index (χ2v) is 8.17. The van der Waals surface area contributed by atoms with E-state index in [1.165, 1.54) is 23.6 Å². The molecule has 0 saturated heterocycles. The van der Waals surface area contributed by atoms with Gasteiger partial charge in [0.25, 0.3) is 0 Å². The van der Waals surface area contributed by atoms with Gasteiger partial charge >= 0.3 is 0 Å². The quantitative estimate of drug-likeness (QED) is 0.526. The van der Waals surface area contributed by atoms with E-state index in [0.717, 1.165) is 5.82 Å². The monoisotopic (exact) mass is 401 g/mol. The summed E-state index contributed by atoms with van der Waals surface area (Å²) in [6.45, 7) is 3.25. The van der Waals surface area contributed by atoms with Gasteiger partial charge in [0.1, 0.15) is 5.82 Å². The van der Waals surface area contributed by atoms with Crippen LogP contribution in [0.3, 0.4) is 0 Å². The summed E-state index contributed by atoms with van der Waals surface area (Å²) in [7, 11) is 0. The average molecular weight is 402 g/mol. The number of amides is 2. The average Bonchev–Trinajstić information content (AvgIpc) is 3.29. The molecule has 27 heavy (non-hydrogen) atoms. The summed E-state index contributed by atoms with van der Waals surface area (Å²) in [5, 5.41) is 14.8. The fourth-order valence-electron chi connectivity index (χ4n) is 2.28. The lowest BCUT2D eigenvalue weighted by molar-refractivity contribution is -0.115. The smallest absolute Gasteiger partial charge is 0.237 e. The van der Waals surface area contributed by atoms with Gasteiger partial charge in [-0.3, -0.25) is 14.7 Å². The highest BCUT2D eigenvalue weighted by Crippen LogP contribution is 2.22. The minimum absolute atomic E-state index is 0.137. The second kappa shape index (κ2) is 8.83. The van der Waals surface area contributed by atoms with Crippen molar-refractivity contribution in [3.05, 3.63) is 52.5 Å². The topological polar surface area (TPSA) is 99.8 Å². The number of rotatable bonds is 7. The summed E-state index contributed by atoms with van der Waals surface area (Å²) >= 11 is 2.97. The van der Waals surface area contributed by atoms with Gasteiger partial charge in [0, 0.05) is 29.6 Å². The van der Waals surface area contributed by atoms with Crippen LogP contribution in [0.2, 0.25) is 0 Å². The molecule has 2 aromatic heterocycles. The Morgan fingerprint density at radius 2 is 1.89 bits per heavy atom. The molecular formula is C18H19N5O2S2. The van der Waals surface area contributed by atoms with Gasteiger partial charge < -0.3 is 10.6 Å². The van der Waals surface area contributed by atoms with E-state index in [2.05, 4.69) is 25.8 Å². The van der Waals surface area contributed by atoms with E-state index in [0.29, 0.717) is 23.0 Å². The van der Waals surface area contributed by atoms with Gasteiger partial charge in [0.15, 0.2) is 0 Å². The maximum absolute atomic E-state index is 12.4. The van der Waals surface area contributed by atoms with Crippen molar-refractivity contribution >= 4 is 46.3 Å². The van der Waals surface area contributed by atoms with E-state index < -0.39 is 0 Å². The van der Waals surface area contributed by atoms with Crippen molar-refractivity contribution in [2.45, 2.75) is 30.7 Å². The maximum atomic E-state index is 12.4. The molecule has 1 aromatic carbocycles. The molecule has 0 spiro atoms. The molecule has 0 radical (unpaired) electrons. The van der Waals surface area contributed by atoms with Crippen molar-refractivity contribution < 1.29 is 9.59 Å². The number of hydrogen-bond donors (Lipinski definition) is 3. The number of thioether (sulfide) groups is 1. The molecule has 3 rings (SSSR count). The number of hydrogen-bond acceptors (Lipinski definition) is 6. The number of nitrogens with one attached hydrogen (secondary N) is 3. The highest BCUT2D eigenvalue weighted by atomic mass is 32.2. The summed E-state index contributed by atoms with van der Waals surface area (Å²) in [4.78, 5) is 29.0. The van der Waals surface area contributed by atoms with Gasteiger partial charge in [-0.15, -0.1) is 16.4 Å². The molecule has 0 aliphatic rings. The number of carbonyl (C=O) groups excluding carboxylic acids is 2. The van der Waals surface area contributed by atoms with Gasteiger partial charge in [0.05, 0.1) is 5.25 Å². The lowest BCUT2D eigenvalue weighted by atomic mass is 10.2. The van der Waals surface area contributed by atoms with Gasteiger partial charge in [-0.05, 0) is 42.6 Å². The largest absolute Gasteiger partial charge is 0.326 e. The standard InChI is InChI=1S/C18H19N5O2S2/c1-11(17(25)20-14-7-5-13(6-8-14)19-12(2)24)27-18-21-16(22-23-18)10-15-4-3-9-26-15/h3-9,11H,10H2,1-2H3,(H,19,24)(H,20,25)(H,21,22,23). The van der Waals surface area contributed by atoms with Crippen molar-refractivity contribution in [1.82, 2.24) is 15.2 Å². The molecule has 2 amide bonds. The molecule has 3 aromatic rings. The predicted octanol–water partition coefficient (Wildman–Crippen LogP) is 3.53. The third kappa shape index (κ3) is 5.66. The first kappa shape index (κ1) is 19.1. The van der Waals surface area contributed by atoms with Crippen LogP contribution >= 0.6 is 23.1 Å². The molecule has 1 atom stereocenters. The summed E-state index contributed by atoms with van der Waals surface area (Å²) in [5.74, 6) is 0.500. The molecule has 7 nitrogen and oxygen atoms in total. The number of thiophene rings is 1. The first-order valence-corrected chi connectivity index (χ1v) is 10.0. The van der Waals surface area contributed by atoms with Crippen LogP contribution in [-0.4, -0.2) is 32.2 Å². The molecule has 3 N–H and O–H groups in total. The number of H-pyrrole nitrogens is 1. The van der Waals surface area contributed by atoms with Crippen LogP contribution in [0.15, 0.2) is 46.9 Å². The lowest BCUT2D eigenvalue weighted by Gasteiger charge is -2.10. The highest BCUT2D eigenvalue weighted by molar-refractivity contribution is 8.00. The predicted molar refractivity (Wildman–Crippen MR) is 108 cm³/mol. The number of anilines is 2. The number of aromatic nitrogens is 3. The molecule has 0 aliphatic carbocycles. The minimum atomic E-state index is -0.356. The first-order chi connectivity index (χ1) is 13.0. The van der Waals surface area contributed by atoms with Gasteiger partial charge in [-0.1, -0.05) is 17.8 Å². The molecule has 0 aliphatic heterocycles. The van der Waals surface area contributed by atoms with E-state index in [9.17, 15) is 9.59 Å². The van der Waals surface area contributed by atoms with Crippen LogP contribution < -0.4 is 10.6 Å². The molecule has 0 fully saturated rings. The van der Waals surface area contributed by atoms with Crippen LogP contribution in [0, 0.1) is 0 Å². The van der Waals surface area contributed by atoms with Crippen LogP contribution in [0.25, 0.3) is 0 Å². The Hall–Kier alpha value is -2.65. The highest BCUT2D eigenvalue weighted by Gasteiger charge is 2.17. The van der Waals surface area contributed by atoms with Crippen molar-refractivity contribution in [3.63, 3.8) is 0 Å². The van der Waals surface area contributed by atoms with Crippen LogP contribution in [0.5, 0.6) is 0 Å². The molecule has 140 valence electrons. The molecule has 9 heteroatoms. The van der Waals surface area contributed by atoms with Gasteiger partial charge in [-0.2, -0.15) is 0 Å². The van der Waals surface area contributed by atoms with E-state index in [1.807, 2.05) is 17.5 Å². The summed E-state index contributed by atoms with van der Waals surface area (Å²) in [6, 6.07) is 11.0. The SMILES string of the molecule is CC(=O)Nc1ccc(NC(=O)C(C)Sc2n[nH]c(Cc3cccs3)n2)cc1. The molecule has 0 saturated carbocycles. The van der Waals surface area contributed by atoms with E-state index in [1.54, 1.807) is 42.5 Å². The zero-order chi connectivity index (χ0) is 19.2. The van der Waals surface area contributed by atoms with Crippen LogP contribution in [0.4, 0.5) is 11.4 Å². The Morgan fingerprint density at radius 3 is 2.52 bits per heavy atom. The van der Waals surface area contributed by atoms with Crippen LogP contribution in [-0.2, 0) is 16.0 Å². The number of benzene rings is 1. The Balaban J connectivity index is 1.53. The fourth-order valence-corrected chi connectivity index (χ4v) is 3.74. The van der Waals surface area contributed by atoms with Crippen molar-refractivity contribution in [1.29, 1.82) is 0 Å². The Labute approximate surface area is 165 Å². The Morgan fingerprint density at radius 1 is 1.19 bits per heavy atom. The fraction of sp³-hybridized carbons (Fsp3) is 0.222. The zero-order valence-electron chi connectivity index (χ0n) is 14.9. The summed E-state index contributed by atoms with van der Waals surface area (Å²) in [5.41, 5.74) is 1.34. The first-order valence-electron chi connectivity index (χ1n) is 8.28. The van der Waals surface area contributed by atoms with Crippen molar-refractivity contribution in [2.75, 3.05) is 10.6 Å². The van der Waals surface area contributed by atoms with E-state index in [4.69, 9.17) is 0 Å². The number of nitrogens with zero attached hydrogens (tertiary/aromatic N) is 2. The summed E-state index contributed by atoms with van der Waals surface area (Å²) < 4.78 is 0. The summed E-state index contributed by atoms with van der Waals surface area (Å²) in [6.07, 6.45) is 0.701. The Kier molecular flexibility index (Phi) is 6.25. The van der Waals surface area contributed by atoms with E-state index in [-0.39, 0.29) is 17.1 Å². The van der Waals surface area contributed by atoms with Gasteiger partial charge in [0.2, 0.25) is 17.0 Å². The normalized spacial score (nSPS) is 11.8. The zero-order valence-corrected chi connectivity index (χ0v) is 16.5. The van der Waals surface area contributed by atoms with Crippen LogP contribution in [0.1, 0.15) is 24.5 Å². The molecule has 0 bridgehead atoms. The lowest BCUT2D eigenvalue weighted by Crippen LogP contribution is -2.22. The molecule has 2 heterocycles. The Bertz CT molecular complexity index is 906. The van der Waals surface area contributed by atoms with Crippen molar-refractivity contribution in [2.24, 2.45) is 0 Å². The van der Waals surface area contributed by atoms with Crippen molar-refractivity contribution in [3.8, 4) is 0 Å². The number of aromatic amines is 1. The third-order valence-electron chi connectivity index (χ3n) is 3.56. The molecular weight excluding hydrogens is 382 g/mol. The third-order valence-corrected chi connectivity index (χ3v) is 5.39. The minimum Gasteiger partial charge on any atom is -0.326 e. The maximum Gasteiger partial charge on any atom is 0.237 e. The molecule has 1 unspecified atom stereocenters. The van der Waals surface area contributed by atoms with Gasteiger partial charge in [-0.25, -0.2) is 4.98 Å². The van der Waals surface area contributed by atoms with E-state index >= 15 is 0 Å². The second-order valence-electron chi connectivity index (χ2n) is 5.83. The number of carbonyl (C=O) groups is 2.